The molecule has 3 aromatic rings. The number of hydrogen-bond acceptors (Lipinski definition) is 4. The maximum Gasteiger partial charge on any atom is 0.257 e. The lowest BCUT2D eigenvalue weighted by molar-refractivity contribution is 0.0785. The smallest absolute Gasteiger partial charge is 0.257 e. The van der Waals surface area contributed by atoms with E-state index in [2.05, 4.69) is 10.3 Å². The quantitative estimate of drug-likeness (QED) is 0.649. The molecule has 29 heavy (non-hydrogen) atoms. The molecular formula is C22H20F2N2O3. The van der Waals surface area contributed by atoms with Gasteiger partial charge < -0.3 is 15.2 Å². The fourth-order valence-corrected chi connectivity index (χ4v) is 2.60. The highest BCUT2D eigenvalue weighted by Gasteiger charge is 2.17. The van der Waals surface area contributed by atoms with Crippen LogP contribution >= 0.6 is 0 Å². The van der Waals surface area contributed by atoms with Crippen molar-refractivity contribution < 1.29 is 23.4 Å². The lowest BCUT2D eigenvalue weighted by Gasteiger charge is -2.18. The van der Waals surface area contributed by atoms with Gasteiger partial charge in [0.2, 0.25) is 5.88 Å². The van der Waals surface area contributed by atoms with Crippen LogP contribution in [0, 0.1) is 11.6 Å². The van der Waals surface area contributed by atoms with Crippen LogP contribution in [0.1, 0.15) is 35.3 Å². The van der Waals surface area contributed by atoms with Crippen molar-refractivity contribution in [3.63, 3.8) is 0 Å². The van der Waals surface area contributed by atoms with Gasteiger partial charge in [-0.3, -0.25) is 4.79 Å². The first-order chi connectivity index (χ1) is 13.7. The van der Waals surface area contributed by atoms with Gasteiger partial charge in [0.1, 0.15) is 11.3 Å². The maximum absolute atomic E-state index is 13.4. The van der Waals surface area contributed by atoms with Crippen LogP contribution in [-0.4, -0.2) is 16.0 Å². The molecule has 0 spiro atoms. The maximum atomic E-state index is 13.4. The molecule has 0 radical (unpaired) electrons. The van der Waals surface area contributed by atoms with E-state index in [1.54, 1.807) is 32.0 Å². The third-order valence-corrected chi connectivity index (χ3v) is 4.23. The summed E-state index contributed by atoms with van der Waals surface area (Å²) in [7, 11) is 0. The molecule has 0 aliphatic carbocycles. The van der Waals surface area contributed by atoms with E-state index in [1.807, 2.05) is 12.1 Å². The van der Waals surface area contributed by atoms with Crippen molar-refractivity contribution in [1.29, 1.82) is 0 Å². The van der Waals surface area contributed by atoms with Gasteiger partial charge in [0.25, 0.3) is 5.91 Å². The topological polar surface area (TPSA) is 71.5 Å². The predicted octanol–water partition coefficient (Wildman–Crippen LogP) is 4.31. The molecule has 150 valence electrons. The van der Waals surface area contributed by atoms with Crippen molar-refractivity contribution in [3.8, 4) is 11.6 Å². The molecule has 1 aromatic heterocycles. The van der Waals surface area contributed by atoms with Gasteiger partial charge in [-0.2, -0.15) is 0 Å². The van der Waals surface area contributed by atoms with Gasteiger partial charge in [0.15, 0.2) is 11.6 Å². The number of aromatic nitrogens is 1. The number of ether oxygens (including phenoxy) is 1. The number of rotatable bonds is 6. The van der Waals surface area contributed by atoms with Crippen molar-refractivity contribution in [1.82, 2.24) is 10.3 Å². The standard InChI is InChI=1S/C22H20F2N2O3/c1-22(2,28)15-7-5-14(6-8-15)13-26-20(27)17-4-3-11-25-21(17)29-16-9-10-18(23)19(24)12-16/h3-12,28H,13H2,1-2H3,(H,26,27). The number of carbonyl (C=O) groups excluding carboxylic acids is 1. The van der Waals surface area contributed by atoms with Crippen LogP contribution in [0.2, 0.25) is 0 Å². The monoisotopic (exact) mass is 398 g/mol. The average molecular weight is 398 g/mol. The summed E-state index contributed by atoms with van der Waals surface area (Å²) in [6.45, 7) is 3.64. The molecule has 1 heterocycles. The largest absolute Gasteiger partial charge is 0.438 e. The van der Waals surface area contributed by atoms with E-state index in [9.17, 15) is 18.7 Å². The summed E-state index contributed by atoms with van der Waals surface area (Å²) < 4.78 is 31.9. The second-order valence-corrected chi connectivity index (χ2v) is 6.97. The molecule has 0 unspecified atom stereocenters. The average Bonchev–Trinajstić information content (AvgIpc) is 2.69. The van der Waals surface area contributed by atoms with Crippen LogP contribution < -0.4 is 10.1 Å². The molecule has 0 atom stereocenters. The van der Waals surface area contributed by atoms with Gasteiger partial charge in [-0.15, -0.1) is 0 Å². The molecule has 0 fully saturated rings. The van der Waals surface area contributed by atoms with Crippen molar-refractivity contribution in [3.05, 3.63) is 89.1 Å². The van der Waals surface area contributed by atoms with Gasteiger partial charge in [-0.05, 0) is 49.2 Å². The van der Waals surface area contributed by atoms with Crippen molar-refractivity contribution in [2.75, 3.05) is 0 Å². The number of amides is 1. The molecule has 1 amide bonds. The van der Waals surface area contributed by atoms with Gasteiger partial charge in [0.05, 0.1) is 5.60 Å². The van der Waals surface area contributed by atoms with E-state index in [0.717, 1.165) is 23.3 Å². The minimum Gasteiger partial charge on any atom is -0.438 e. The molecule has 2 N–H and O–H groups in total. The van der Waals surface area contributed by atoms with Crippen molar-refractivity contribution >= 4 is 5.91 Å². The Labute approximate surface area is 167 Å². The summed E-state index contributed by atoms with van der Waals surface area (Å²) in [5, 5.41) is 12.8. The van der Waals surface area contributed by atoms with E-state index in [4.69, 9.17) is 4.74 Å². The predicted molar refractivity (Wildman–Crippen MR) is 104 cm³/mol. The third-order valence-electron chi connectivity index (χ3n) is 4.23. The number of pyridine rings is 1. The summed E-state index contributed by atoms with van der Waals surface area (Å²) in [5.74, 6) is -2.47. The van der Waals surface area contributed by atoms with Crippen molar-refractivity contribution in [2.24, 2.45) is 0 Å². The first-order valence-electron chi connectivity index (χ1n) is 8.92. The van der Waals surface area contributed by atoms with Crippen LogP contribution in [0.5, 0.6) is 11.6 Å². The Morgan fingerprint density at radius 1 is 1.10 bits per heavy atom. The van der Waals surface area contributed by atoms with Gasteiger partial charge in [-0.1, -0.05) is 24.3 Å². The highest BCUT2D eigenvalue weighted by atomic mass is 19.2. The Balaban J connectivity index is 1.70. The Morgan fingerprint density at radius 2 is 1.83 bits per heavy atom. The Morgan fingerprint density at radius 3 is 2.48 bits per heavy atom. The molecule has 7 heteroatoms. The summed E-state index contributed by atoms with van der Waals surface area (Å²) in [6, 6.07) is 13.4. The molecular weight excluding hydrogens is 378 g/mol. The summed E-state index contributed by atoms with van der Waals surface area (Å²) in [6.07, 6.45) is 1.43. The van der Waals surface area contributed by atoms with Crippen LogP contribution in [0.15, 0.2) is 60.8 Å². The molecule has 0 bridgehead atoms. The Bertz CT molecular complexity index is 1020. The molecule has 0 saturated heterocycles. The molecule has 0 aliphatic heterocycles. The Kier molecular flexibility index (Phi) is 5.89. The van der Waals surface area contributed by atoms with Gasteiger partial charge >= 0.3 is 0 Å². The number of benzene rings is 2. The van der Waals surface area contributed by atoms with Crippen LogP contribution in [-0.2, 0) is 12.1 Å². The fourth-order valence-electron chi connectivity index (χ4n) is 2.60. The molecule has 0 aliphatic rings. The number of nitrogens with zero attached hydrogens (tertiary/aromatic N) is 1. The second-order valence-electron chi connectivity index (χ2n) is 6.97. The molecule has 3 rings (SSSR count). The van der Waals surface area contributed by atoms with Crippen molar-refractivity contribution in [2.45, 2.75) is 26.0 Å². The van der Waals surface area contributed by atoms with Crippen LogP contribution in [0.25, 0.3) is 0 Å². The minimum atomic E-state index is -1.06. The summed E-state index contributed by atoms with van der Waals surface area (Å²) in [5.41, 5.74) is 0.828. The number of hydrogen-bond donors (Lipinski definition) is 2. The number of carbonyl (C=O) groups is 1. The first kappa shape index (κ1) is 20.4. The molecule has 5 nitrogen and oxygen atoms in total. The lowest BCUT2D eigenvalue weighted by Crippen LogP contribution is -2.23. The zero-order valence-corrected chi connectivity index (χ0v) is 15.9. The van der Waals surface area contributed by atoms with E-state index >= 15 is 0 Å². The molecule has 0 saturated carbocycles. The van der Waals surface area contributed by atoms with E-state index in [0.29, 0.717) is 0 Å². The lowest BCUT2D eigenvalue weighted by atomic mass is 9.97. The molecule has 2 aromatic carbocycles. The van der Waals surface area contributed by atoms with Gasteiger partial charge in [-0.25, -0.2) is 13.8 Å². The van der Waals surface area contributed by atoms with Crippen LogP contribution in [0.4, 0.5) is 8.78 Å². The zero-order chi connectivity index (χ0) is 21.0. The first-order valence-corrected chi connectivity index (χ1v) is 8.92. The SMILES string of the molecule is CC(C)(O)c1ccc(CNC(=O)c2cccnc2Oc2ccc(F)c(F)c2)cc1. The summed E-state index contributed by atoms with van der Waals surface area (Å²) >= 11 is 0. The number of aliphatic hydroxyl groups is 1. The third kappa shape index (κ3) is 5.14. The minimum absolute atomic E-state index is 0.0200. The summed E-state index contributed by atoms with van der Waals surface area (Å²) in [4.78, 5) is 16.6. The highest BCUT2D eigenvalue weighted by molar-refractivity contribution is 5.96. The Hall–Kier alpha value is -3.32. The van der Waals surface area contributed by atoms with E-state index in [-0.39, 0.29) is 23.7 Å². The van der Waals surface area contributed by atoms with Crippen LogP contribution in [0.3, 0.4) is 0 Å². The zero-order valence-electron chi connectivity index (χ0n) is 15.9. The number of halogens is 2. The highest BCUT2D eigenvalue weighted by Crippen LogP contribution is 2.25. The fraction of sp³-hybridized carbons (Fsp3) is 0.182. The second kappa shape index (κ2) is 8.36. The normalized spacial score (nSPS) is 11.2. The number of nitrogens with one attached hydrogen (secondary N) is 1. The van der Waals surface area contributed by atoms with Gasteiger partial charge in [0, 0.05) is 18.8 Å². The van der Waals surface area contributed by atoms with E-state index < -0.39 is 23.1 Å². The van der Waals surface area contributed by atoms with E-state index in [1.165, 1.54) is 18.3 Å².